The maximum Gasteiger partial charge on any atom is 0.192 e. The van der Waals surface area contributed by atoms with E-state index in [0.717, 1.165) is 29.0 Å². The molecular weight excluding hydrogens is 250 g/mol. The maximum absolute atomic E-state index is 5.47. The zero-order chi connectivity index (χ0) is 13.9. The zero-order valence-electron chi connectivity index (χ0n) is 11.6. The Labute approximate surface area is 117 Å². The summed E-state index contributed by atoms with van der Waals surface area (Å²) in [5, 5.41) is 6.51. The van der Waals surface area contributed by atoms with Crippen molar-refractivity contribution >= 4 is 22.5 Å². The molecule has 0 radical (unpaired) electrons. The summed E-state index contributed by atoms with van der Waals surface area (Å²) in [5.41, 5.74) is 5.11. The molecule has 4 nitrogen and oxygen atoms in total. The molecule has 20 heavy (non-hydrogen) atoms. The number of hydrogen-bond donors (Lipinski definition) is 2. The third-order valence-corrected chi connectivity index (χ3v) is 3.23. The Hall–Kier alpha value is -2.49. The highest BCUT2D eigenvalue weighted by atomic mass is 16.3. The number of hydrogen-bond acceptors (Lipinski definition) is 4. The number of fused-ring (bicyclic) bond motifs is 1. The second kappa shape index (κ2) is 5.25. The molecule has 2 N–H and O–H groups in total. The standard InChI is InChI=1S/C16H17N3O/c1-11-19-15-9-14(7-8-16(15)20-11)18-10-12-3-5-13(17-2)6-4-12/h3-9,17-18H,10H2,1-2H3. The SMILES string of the molecule is CNc1ccc(CNc2ccc3oc(C)nc3c2)cc1. The molecule has 0 aliphatic rings. The summed E-state index contributed by atoms with van der Waals surface area (Å²) < 4.78 is 5.47. The summed E-state index contributed by atoms with van der Waals surface area (Å²) in [6, 6.07) is 14.3. The third kappa shape index (κ3) is 2.59. The highest BCUT2D eigenvalue weighted by molar-refractivity contribution is 5.77. The van der Waals surface area contributed by atoms with Crippen LogP contribution >= 0.6 is 0 Å². The van der Waals surface area contributed by atoms with Gasteiger partial charge in [0.15, 0.2) is 11.5 Å². The lowest BCUT2D eigenvalue weighted by molar-refractivity contribution is 0.561. The Morgan fingerprint density at radius 2 is 1.80 bits per heavy atom. The van der Waals surface area contributed by atoms with Gasteiger partial charge in [0, 0.05) is 31.9 Å². The van der Waals surface area contributed by atoms with Gasteiger partial charge < -0.3 is 15.1 Å². The van der Waals surface area contributed by atoms with E-state index in [1.807, 2.05) is 32.2 Å². The van der Waals surface area contributed by atoms with Crippen LogP contribution in [-0.2, 0) is 6.54 Å². The van der Waals surface area contributed by atoms with Crippen molar-refractivity contribution in [3.63, 3.8) is 0 Å². The topological polar surface area (TPSA) is 50.1 Å². The molecule has 1 heterocycles. The van der Waals surface area contributed by atoms with Gasteiger partial charge in [-0.05, 0) is 35.9 Å². The van der Waals surface area contributed by atoms with E-state index in [0.29, 0.717) is 5.89 Å². The van der Waals surface area contributed by atoms with E-state index >= 15 is 0 Å². The Kier molecular flexibility index (Phi) is 3.29. The first-order chi connectivity index (χ1) is 9.74. The summed E-state index contributed by atoms with van der Waals surface area (Å²) in [6.45, 7) is 2.64. The van der Waals surface area contributed by atoms with E-state index in [4.69, 9.17) is 4.42 Å². The Bertz CT molecular complexity index is 716. The van der Waals surface area contributed by atoms with Gasteiger partial charge >= 0.3 is 0 Å². The second-order valence-electron chi connectivity index (χ2n) is 4.72. The monoisotopic (exact) mass is 267 g/mol. The number of nitrogens with zero attached hydrogens (tertiary/aromatic N) is 1. The van der Waals surface area contributed by atoms with Gasteiger partial charge in [-0.2, -0.15) is 0 Å². The normalized spacial score (nSPS) is 10.7. The number of aromatic nitrogens is 1. The van der Waals surface area contributed by atoms with Gasteiger partial charge in [-0.15, -0.1) is 0 Å². The van der Waals surface area contributed by atoms with E-state index < -0.39 is 0 Å². The highest BCUT2D eigenvalue weighted by Gasteiger charge is 2.03. The highest BCUT2D eigenvalue weighted by Crippen LogP contribution is 2.20. The molecule has 0 saturated carbocycles. The molecule has 0 fully saturated rings. The van der Waals surface area contributed by atoms with Gasteiger partial charge in [-0.25, -0.2) is 4.98 Å². The fraction of sp³-hybridized carbons (Fsp3) is 0.188. The lowest BCUT2D eigenvalue weighted by Gasteiger charge is -2.07. The fourth-order valence-electron chi connectivity index (χ4n) is 2.15. The molecule has 3 rings (SSSR count). The molecule has 0 aliphatic carbocycles. The summed E-state index contributed by atoms with van der Waals surface area (Å²) >= 11 is 0. The molecule has 0 unspecified atom stereocenters. The van der Waals surface area contributed by atoms with Gasteiger partial charge in [0.05, 0.1) is 0 Å². The van der Waals surface area contributed by atoms with E-state index in [2.05, 4.69) is 39.9 Å². The molecular formula is C16H17N3O. The average Bonchev–Trinajstić information content (AvgIpc) is 2.85. The molecule has 4 heteroatoms. The molecule has 0 amide bonds. The van der Waals surface area contributed by atoms with Gasteiger partial charge in [0.25, 0.3) is 0 Å². The van der Waals surface area contributed by atoms with Crippen LogP contribution in [0.2, 0.25) is 0 Å². The maximum atomic E-state index is 5.47. The molecule has 3 aromatic rings. The lowest BCUT2D eigenvalue weighted by atomic mass is 10.2. The molecule has 102 valence electrons. The Morgan fingerprint density at radius 3 is 2.55 bits per heavy atom. The first kappa shape index (κ1) is 12.5. The van der Waals surface area contributed by atoms with Crippen LogP contribution in [0.4, 0.5) is 11.4 Å². The number of benzene rings is 2. The first-order valence-corrected chi connectivity index (χ1v) is 6.62. The molecule has 2 aromatic carbocycles. The molecule has 0 bridgehead atoms. The average molecular weight is 267 g/mol. The van der Waals surface area contributed by atoms with Gasteiger partial charge in [0.2, 0.25) is 0 Å². The number of nitrogens with one attached hydrogen (secondary N) is 2. The quantitative estimate of drug-likeness (QED) is 0.755. The van der Waals surface area contributed by atoms with Crippen molar-refractivity contribution in [2.75, 3.05) is 17.7 Å². The van der Waals surface area contributed by atoms with Crippen LogP contribution in [0, 0.1) is 6.92 Å². The van der Waals surface area contributed by atoms with Crippen LogP contribution < -0.4 is 10.6 Å². The summed E-state index contributed by atoms with van der Waals surface area (Å²) in [7, 11) is 1.92. The van der Waals surface area contributed by atoms with Crippen molar-refractivity contribution in [1.82, 2.24) is 4.98 Å². The zero-order valence-corrected chi connectivity index (χ0v) is 11.6. The Balaban J connectivity index is 1.72. The van der Waals surface area contributed by atoms with Crippen molar-refractivity contribution in [1.29, 1.82) is 0 Å². The number of oxazole rings is 1. The predicted molar refractivity (Wildman–Crippen MR) is 82.1 cm³/mol. The first-order valence-electron chi connectivity index (χ1n) is 6.62. The van der Waals surface area contributed by atoms with Gasteiger partial charge in [-0.3, -0.25) is 0 Å². The van der Waals surface area contributed by atoms with Crippen molar-refractivity contribution in [3.05, 3.63) is 53.9 Å². The smallest absolute Gasteiger partial charge is 0.192 e. The largest absolute Gasteiger partial charge is 0.441 e. The van der Waals surface area contributed by atoms with Crippen LogP contribution in [0.25, 0.3) is 11.1 Å². The summed E-state index contributed by atoms with van der Waals surface area (Å²) in [6.07, 6.45) is 0. The number of anilines is 2. The van der Waals surface area contributed by atoms with Crippen molar-refractivity contribution in [2.45, 2.75) is 13.5 Å². The number of rotatable bonds is 4. The fourth-order valence-corrected chi connectivity index (χ4v) is 2.15. The van der Waals surface area contributed by atoms with E-state index in [1.165, 1.54) is 5.56 Å². The molecule has 1 aromatic heterocycles. The van der Waals surface area contributed by atoms with Gasteiger partial charge in [-0.1, -0.05) is 12.1 Å². The minimum absolute atomic E-state index is 0.694. The van der Waals surface area contributed by atoms with E-state index in [-0.39, 0.29) is 0 Å². The second-order valence-corrected chi connectivity index (χ2v) is 4.72. The molecule has 0 spiro atoms. The van der Waals surface area contributed by atoms with Crippen LogP contribution in [0.3, 0.4) is 0 Å². The van der Waals surface area contributed by atoms with Crippen LogP contribution in [0.15, 0.2) is 46.9 Å². The van der Waals surface area contributed by atoms with E-state index in [9.17, 15) is 0 Å². The summed E-state index contributed by atoms with van der Waals surface area (Å²) in [4.78, 5) is 4.34. The molecule has 0 aliphatic heterocycles. The van der Waals surface area contributed by atoms with Crippen molar-refractivity contribution in [3.8, 4) is 0 Å². The number of aryl methyl sites for hydroxylation is 1. The van der Waals surface area contributed by atoms with Crippen LogP contribution in [0.5, 0.6) is 0 Å². The minimum atomic E-state index is 0.694. The lowest BCUT2D eigenvalue weighted by Crippen LogP contribution is -1.99. The van der Waals surface area contributed by atoms with Crippen LogP contribution in [0.1, 0.15) is 11.5 Å². The molecule has 0 saturated heterocycles. The summed E-state index contributed by atoms with van der Waals surface area (Å²) in [5.74, 6) is 0.694. The van der Waals surface area contributed by atoms with Crippen LogP contribution in [-0.4, -0.2) is 12.0 Å². The Morgan fingerprint density at radius 1 is 1.05 bits per heavy atom. The molecule has 0 atom stereocenters. The van der Waals surface area contributed by atoms with Crippen molar-refractivity contribution < 1.29 is 4.42 Å². The predicted octanol–water partition coefficient (Wildman–Crippen LogP) is 3.79. The minimum Gasteiger partial charge on any atom is -0.441 e. The third-order valence-electron chi connectivity index (χ3n) is 3.23. The van der Waals surface area contributed by atoms with Gasteiger partial charge in [0.1, 0.15) is 5.52 Å². The van der Waals surface area contributed by atoms with Crippen molar-refractivity contribution in [2.24, 2.45) is 0 Å². The van der Waals surface area contributed by atoms with E-state index in [1.54, 1.807) is 0 Å².